The second-order valence-corrected chi connectivity index (χ2v) is 4.39. The fraction of sp³-hybridized carbons (Fsp3) is 0.700. The van der Waals surface area contributed by atoms with Crippen molar-refractivity contribution in [2.75, 3.05) is 5.73 Å². The summed E-state index contributed by atoms with van der Waals surface area (Å²) in [4.78, 5) is 0. The van der Waals surface area contributed by atoms with Crippen LogP contribution in [0.25, 0.3) is 0 Å². The Kier molecular flexibility index (Phi) is 1.43. The summed E-state index contributed by atoms with van der Waals surface area (Å²) in [6.07, 6.45) is 5.33. The average molecular weight is 177 g/mol. The van der Waals surface area contributed by atoms with E-state index in [0.717, 1.165) is 24.2 Å². The Balaban J connectivity index is 1.81. The van der Waals surface area contributed by atoms with Crippen LogP contribution in [0.3, 0.4) is 0 Å². The van der Waals surface area contributed by atoms with Crippen LogP contribution in [0.5, 0.6) is 0 Å². The Labute approximate surface area is 77.9 Å². The molecule has 70 valence electrons. The van der Waals surface area contributed by atoms with Crippen molar-refractivity contribution < 1.29 is 0 Å². The SMILES string of the molecule is Nc1cc(C2CC2)nn1CC1CC1. The summed E-state index contributed by atoms with van der Waals surface area (Å²) < 4.78 is 1.99. The first-order valence-electron chi connectivity index (χ1n) is 5.16. The van der Waals surface area contributed by atoms with Crippen molar-refractivity contribution in [2.24, 2.45) is 5.92 Å². The molecule has 2 fully saturated rings. The first kappa shape index (κ1) is 7.42. The number of nitrogen functional groups attached to an aromatic ring is 1. The Bertz CT molecular complexity index is 321. The van der Waals surface area contributed by atoms with Gasteiger partial charge in [0.1, 0.15) is 5.82 Å². The third-order valence-electron chi connectivity index (χ3n) is 2.95. The highest BCUT2D eigenvalue weighted by atomic mass is 15.3. The van der Waals surface area contributed by atoms with E-state index in [9.17, 15) is 0 Å². The molecule has 13 heavy (non-hydrogen) atoms. The van der Waals surface area contributed by atoms with E-state index in [-0.39, 0.29) is 0 Å². The Morgan fingerprint density at radius 2 is 2.15 bits per heavy atom. The second-order valence-electron chi connectivity index (χ2n) is 4.39. The van der Waals surface area contributed by atoms with E-state index in [4.69, 9.17) is 5.73 Å². The molecule has 2 aliphatic rings. The third-order valence-corrected chi connectivity index (χ3v) is 2.95. The highest BCUT2D eigenvalue weighted by molar-refractivity contribution is 5.33. The summed E-state index contributed by atoms with van der Waals surface area (Å²) in [6.45, 7) is 1.04. The highest BCUT2D eigenvalue weighted by Crippen LogP contribution is 2.40. The molecule has 0 aromatic carbocycles. The van der Waals surface area contributed by atoms with E-state index in [1.807, 2.05) is 4.68 Å². The molecule has 2 N–H and O–H groups in total. The fourth-order valence-corrected chi connectivity index (χ4v) is 1.72. The molecular formula is C10H15N3. The normalized spacial score (nSPS) is 22.2. The maximum absolute atomic E-state index is 5.88. The third kappa shape index (κ3) is 1.43. The zero-order chi connectivity index (χ0) is 8.84. The molecule has 0 amide bonds. The number of aromatic nitrogens is 2. The molecule has 0 atom stereocenters. The number of nitrogens with two attached hydrogens (primary N) is 1. The predicted octanol–water partition coefficient (Wildman–Crippen LogP) is 1.75. The van der Waals surface area contributed by atoms with Gasteiger partial charge in [-0.05, 0) is 31.6 Å². The van der Waals surface area contributed by atoms with Crippen molar-refractivity contribution >= 4 is 5.82 Å². The van der Waals surface area contributed by atoms with Gasteiger partial charge >= 0.3 is 0 Å². The number of rotatable bonds is 3. The lowest BCUT2D eigenvalue weighted by Gasteiger charge is -2.00. The van der Waals surface area contributed by atoms with Gasteiger partial charge in [-0.25, -0.2) is 4.68 Å². The molecular weight excluding hydrogens is 162 g/mol. The van der Waals surface area contributed by atoms with E-state index in [2.05, 4.69) is 11.2 Å². The van der Waals surface area contributed by atoms with Crippen molar-refractivity contribution in [1.82, 2.24) is 9.78 Å². The van der Waals surface area contributed by atoms with Gasteiger partial charge in [-0.2, -0.15) is 5.10 Å². The van der Waals surface area contributed by atoms with Gasteiger partial charge in [0, 0.05) is 18.5 Å². The zero-order valence-corrected chi connectivity index (χ0v) is 7.74. The molecule has 3 heteroatoms. The molecule has 0 radical (unpaired) electrons. The van der Waals surface area contributed by atoms with Gasteiger partial charge < -0.3 is 5.73 Å². The van der Waals surface area contributed by atoms with Crippen molar-refractivity contribution in [3.8, 4) is 0 Å². The predicted molar refractivity (Wildman–Crippen MR) is 51.3 cm³/mol. The Morgan fingerprint density at radius 3 is 2.77 bits per heavy atom. The van der Waals surface area contributed by atoms with Crippen LogP contribution in [-0.2, 0) is 6.54 Å². The standard InChI is InChI=1S/C10H15N3/c11-10-5-9(8-3-4-8)12-13(10)6-7-1-2-7/h5,7-8H,1-4,6,11H2. The number of hydrogen-bond donors (Lipinski definition) is 1. The lowest BCUT2D eigenvalue weighted by Crippen LogP contribution is -2.05. The van der Waals surface area contributed by atoms with Crippen molar-refractivity contribution in [1.29, 1.82) is 0 Å². The molecule has 0 bridgehead atoms. The molecule has 2 saturated carbocycles. The minimum absolute atomic E-state index is 0.725. The minimum Gasteiger partial charge on any atom is -0.384 e. The van der Waals surface area contributed by atoms with Crippen LogP contribution < -0.4 is 5.73 Å². The summed E-state index contributed by atoms with van der Waals surface area (Å²) in [5.41, 5.74) is 7.10. The summed E-state index contributed by atoms with van der Waals surface area (Å²) in [5, 5.41) is 4.54. The monoisotopic (exact) mass is 177 g/mol. The molecule has 1 heterocycles. The molecule has 2 aliphatic carbocycles. The first-order valence-corrected chi connectivity index (χ1v) is 5.16. The Hall–Kier alpha value is -0.990. The van der Waals surface area contributed by atoms with Crippen LogP contribution in [-0.4, -0.2) is 9.78 Å². The molecule has 3 nitrogen and oxygen atoms in total. The molecule has 3 rings (SSSR count). The second kappa shape index (κ2) is 2.50. The summed E-state index contributed by atoms with van der Waals surface area (Å²) >= 11 is 0. The van der Waals surface area contributed by atoms with Gasteiger partial charge in [0.2, 0.25) is 0 Å². The number of hydrogen-bond acceptors (Lipinski definition) is 2. The van der Waals surface area contributed by atoms with Gasteiger partial charge in [-0.15, -0.1) is 0 Å². The van der Waals surface area contributed by atoms with E-state index >= 15 is 0 Å². The Morgan fingerprint density at radius 1 is 1.38 bits per heavy atom. The summed E-state index contributed by atoms with van der Waals surface area (Å²) in [5.74, 6) is 2.44. The van der Waals surface area contributed by atoms with Crippen LogP contribution in [0.15, 0.2) is 6.07 Å². The van der Waals surface area contributed by atoms with Gasteiger partial charge in [0.25, 0.3) is 0 Å². The van der Waals surface area contributed by atoms with Crippen LogP contribution in [0.2, 0.25) is 0 Å². The van der Waals surface area contributed by atoms with Gasteiger partial charge in [-0.1, -0.05) is 0 Å². The van der Waals surface area contributed by atoms with E-state index in [1.54, 1.807) is 0 Å². The van der Waals surface area contributed by atoms with Crippen LogP contribution in [0.4, 0.5) is 5.82 Å². The quantitative estimate of drug-likeness (QED) is 0.764. The maximum atomic E-state index is 5.88. The van der Waals surface area contributed by atoms with E-state index < -0.39 is 0 Å². The molecule has 0 saturated heterocycles. The van der Waals surface area contributed by atoms with E-state index in [1.165, 1.54) is 31.4 Å². The van der Waals surface area contributed by atoms with Crippen LogP contribution in [0, 0.1) is 5.92 Å². The summed E-state index contributed by atoms with van der Waals surface area (Å²) in [6, 6.07) is 2.06. The molecule has 1 aromatic heterocycles. The molecule has 0 spiro atoms. The largest absolute Gasteiger partial charge is 0.384 e. The molecule has 0 aliphatic heterocycles. The van der Waals surface area contributed by atoms with Gasteiger partial charge in [0.05, 0.1) is 5.69 Å². The van der Waals surface area contributed by atoms with Crippen molar-refractivity contribution in [3.05, 3.63) is 11.8 Å². The lowest BCUT2D eigenvalue weighted by atomic mass is 10.3. The highest BCUT2D eigenvalue weighted by Gasteiger charge is 2.28. The zero-order valence-electron chi connectivity index (χ0n) is 7.74. The van der Waals surface area contributed by atoms with E-state index in [0.29, 0.717) is 0 Å². The first-order chi connectivity index (χ1) is 6.33. The van der Waals surface area contributed by atoms with Crippen molar-refractivity contribution in [3.63, 3.8) is 0 Å². The molecule has 0 unspecified atom stereocenters. The number of anilines is 1. The minimum atomic E-state index is 0.725. The lowest BCUT2D eigenvalue weighted by molar-refractivity contribution is 0.564. The van der Waals surface area contributed by atoms with Crippen LogP contribution in [0.1, 0.15) is 37.3 Å². The summed E-state index contributed by atoms with van der Waals surface area (Å²) in [7, 11) is 0. The van der Waals surface area contributed by atoms with Gasteiger partial charge in [0.15, 0.2) is 0 Å². The topological polar surface area (TPSA) is 43.8 Å². The van der Waals surface area contributed by atoms with Crippen LogP contribution >= 0.6 is 0 Å². The van der Waals surface area contributed by atoms with Crippen molar-refractivity contribution in [2.45, 2.75) is 38.1 Å². The maximum Gasteiger partial charge on any atom is 0.121 e. The average Bonchev–Trinajstić information content (AvgIpc) is 2.97. The molecule has 1 aromatic rings. The fourth-order valence-electron chi connectivity index (χ4n) is 1.72. The smallest absolute Gasteiger partial charge is 0.121 e. The number of nitrogens with zero attached hydrogens (tertiary/aromatic N) is 2. The van der Waals surface area contributed by atoms with Gasteiger partial charge in [-0.3, -0.25) is 0 Å².